The van der Waals surface area contributed by atoms with Gasteiger partial charge in [-0.25, -0.2) is 4.79 Å². The predicted molar refractivity (Wildman–Crippen MR) is 63.2 cm³/mol. The first-order valence-corrected chi connectivity index (χ1v) is 5.55. The summed E-state index contributed by atoms with van der Waals surface area (Å²) in [7, 11) is 0. The molecule has 1 N–H and O–H groups in total. The molecular formula is C11H12BrNO3. The number of halogens is 1. The van der Waals surface area contributed by atoms with E-state index < -0.39 is 12.1 Å². The van der Waals surface area contributed by atoms with Gasteiger partial charge < -0.3 is 10.1 Å². The highest BCUT2D eigenvalue weighted by molar-refractivity contribution is 9.18. The van der Waals surface area contributed by atoms with Gasteiger partial charge in [0.1, 0.15) is 6.61 Å². The summed E-state index contributed by atoms with van der Waals surface area (Å²) in [5.74, 6) is 0. The number of ether oxygens (including phenoxy) is 1. The minimum atomic E-state index is -0.607. The van der Waals surface area contributed by atoms with Crippen molar-refractivity contribution in [3.63, 3.8) is 0 Å². The van der Waals surface area contributed by atoms with E-state index in [0.29, 0.717) is 0 Å². The maximum Gasteiger partial charge on any atom is 0.408 e. The molecule has 0 aliphatic heterocycles. The summed E-state index contributed by atoms with van der Waals surface area (Å²) in [5.41, 5.74) is 0.899. The van der Waals surface area contributed by atoms with Gasteiger partial charge in [0, 0.05) is 0 Å². The molecule has 0 spiro atoms. The van der Waals surface area contributed by atoms with E-state index in [2.05, 4.69) is 21.2 Å². The fourth-order valence-corrected chi connectivity index (χ4v) is 1.11. The van der Waals surface area contributed by atoms with Gasteiger partial charge in [0.15, 0.2) is 0 Å². The second kappa shape index (κ2) is 6.27. The maximum absolute atomic E-state index is 11.2. The number of benzene rings is 1. The van der Waals surface area contributed by atoms with Gasteiger partial charge >= 0.3 is 6.09 Å². The minimum absolute atomic E-state index is 0.190. The first-order chi connectivity index (χ1) is 7.59. The highest BCUT2D eigenvalue weighted by Gasteiger charge is 2.13. The first-order valence-electron chi connectivity index (χ1n) is 4.76. The van der Waals surface area contributed by atoms with Crippen molar-refractivity contribution in [2.45, 2.75) is 19.6 Å². The summed E-state index contributed by atoms with van der Waals surface area (Å²) < 4.78 is 4.64. The molecule has 0 heterocycles. The summed E-state index contributed by atoms with van der Waals surface area (Å²) in [6.45, 7) is 1.76. The highest BCUT2D eigenvalue weighted by atomic mass is 79.9. The molecule has 1 atom stereocenters. The lowest BCUT2D eigenvalue weighted by molar-refractivity contribution is -0.111. The average Bonchev–Trinajstić information content (AvgIpc) is 2.27. The zero-order valence-electron chi connectivity index (χ0n) is 8.77. The highest BCUT2D eigenvalue weighted by Crippen LogP contribution is 2.01. The zero-order chi connectivity index (χ0) is 12.0. The fourth-order valence-electron chi connectivity index (χ4n) is 0.998. The monoisotopic (exact) mass is 285 g/mol. The van der Waals surface area contributed by atoms with E-state index in [0.717, 1.165) is 5.56 Å². The van der Waals surface area contributed by atoms with Gasteiger partial charge in [0.25, 0.3) is 0 Å². The molecule has 1 aromatic rings. The molecule has 0 aliphatic carbocycles. The second-order valence-corrected chi connectivity index (χ2v) is 4.01. The molecule has 4 nitrogen and oxygen atoms in total. The summed E-state index contributed by atoms with van der Waals surface area (Å²) in [4.78, 5) is 22.0. The molecule has 1 aromatic carbocycles. The quantitative estimate of drug-likeness (QED) is 0.863. The number of alkyl carbamates (subject to hydrolysis) is 1. The van der Waals surface area contributed by atoms with Crippen molar-refractivity contribution < 1.29 is 14.3 Å². The van der Waals surface area contributed by atoms with Crippen molar-refractivity contribution in [2.24, 2.45) is 0 Å². The van der Waals surface area contributed by atoms with Crippen LogP contribution in [0, 0.1) is 0 Å². The molecule has 86 valence electrons. The van der Waals surface area contributed by atoms with Crippen molar-refractivity contribution in [2.75, 3.05) is 0 Å². The lowest BCUT2D eigenvalue weighted by atomic mass is 10.2. The van der Waals surface area contributed by atoms with Gasteiger partial charge in [-0.3, -0.25) is 4.79 Å². The number of rotatable bonds is 4. The predicted octanol–water partition coefficient (Wildman–Crippen LogP) is 2.22. The second-order valence-electron chi connectivity index (χ2n) is 3.23. The van der Waals surface area contributed by atoms with E-state index in [9.17, 15) is 9.59 Å². The third-order valence-electron chi connectivity index (χ3n) is 1.89. The summed E-state index contributed by atoms with van der Waals surface area (Å²) in [6.07, 6.45) is -0.607. The van der Waals surface area contributed by atoms with E-state index in [1.54, 1.807) is 6.92 Å². The average molecular weight is 286 g/mol. The van der Waals surface area contributed by atoms with E-state index in [-0.39, 0.29) is 11.3 Å². The Labute approximate surface area is 102 Å². The Morgan fingerprint density at radius 3 is 2.56 bits per heavy atom. The smallest absolute Gasteiger partial charge is 0.408 e. The molecule has 0 aliphatic rings. The van der Waals surface area contributed by atoms with Crippen LogP contribution in [0.25, 0.3) is 0 Å². The Kier molecular flexibility index (Phi) is 4.98. The molecule has 0 saturated carbocycles. The molecule has 0 fully saturated rings. The molecule has 1 amide bonds. The van der Waals surface area contributed by atoms with Gasteiger partial charge in [-0.15, -0.1) is 0 Å². The van der Waals surface area contributed by atoms with E-state index in [1.807, 2.05) is 30.3 Å². The third-order valence-corrected chi connectivity index (χ3v) is 2.57. The normalized spacial score (nSPS) is 11.6. The lowest BCUT2D eigenvalue weighted by Gasteiger charge is -2.10. The van der Waals surface area contributed by atoms with Crippen LogP contribution in [0.3, 0.4) is 0 Å². The maximum atomic E-state index is 11.2. The number of carbonyl (C=O) groups excluding carboxylic acids is 2. The summed E-state index contributed by atoms with van der Waals surface area (Å²) >= 11 is 2.76. The van der Waals surface area contributed by atoms with Crippen LogP contribution in [0.15, 0.2) is 30.3 Å². The standard InChI is InChI=1S/C11H12BrNO3/c1-8(10(12)14)13-11(15)16-7-9-5-3-2-4-6-9/h2-6,8H,7H2,1H3,(H,13,15)/t8-/m1/s1. The molecule has 0 unspecified atom stereocenters. The molecule has 0 radical (unpaired) electrons. The number of carbonyl (C=O) groups is 2. The molecule has 0 aromatic heterocycles. The minimum Gasteiger partial charge on any atom is -0.445 e. The van der Waals surface area contributed by atoms with Gasteiger partial charge in [0.05, 0.1) is 6.04 Å². The lowest BCUT2D eigenvalue weighted by Crippen LogP contribution is -2.36. The van der Waals surface area contributed by atoms with Crippen molar-refractivity contribution >= 4 is 26.7 Å². The van der Waals surface area contributed by atoms with Crippen LogP contribution in [0.1, 0.15) is 12.5 Å². The molecule has 1 rings (SSSR count). The Morgan fingerprint density at radius 1 is 1.38 bits per heavy atom. The van der Waals surface area contributed by atoms with Crippen LogP contribution >= 0.6 is 15.9 Å². The van der Waals surface area contributed by atoms with Gasteiger partial charge in [0.2, 0.25) is 4.69 Å². The topological polar surface area (TPSA) is 55.4 Å². The molecule has 16 heavy (non-hydrogen) atoms. The van der Waals surface area contributed by atoms with Gasteiger partial charge in [-0.05, 0) is 28.4 Å². The summed E-state index contributed by atoms with van der Waals surface area (Å²) in [5, 5.41) is 2.39. The number of hydrogen-bond acceptors (Lipinski definition) is 3. The molecule has 5 heteroatoms. The van der Waals surface area contributed by atoms with Crippen LogP contribution in [-0.2, 0) is 16.1 Å². The number of hydrogen-bond donors (Lipinski definition) is 1. The van der Waals surface area contributed by atoms with Gasteiger partial charge in [-0.2, -0.15) is 0 Å². The molecular weight excluding hydrogens is 274 g/mol. The first kappa shape index (κ1) is 12.7. The zero-order valence-corrected chi connectivity index (χ0v) is 10.4. The fraction of sp³-hybridized carbons (Fsp3) is 0.273. The Bertz CT molecular complexity index is 367. The Hall–Kier alpha value is -1.36. The Morgan fingerprint density at radius 2 is 2.00 bits per heavy atom. The molecule has 0 saturated heterocycles. The van der Waals surface area contributed by atoms with E-state index in [4.69, 9.17) is 4.74 Å². The molecule has 0 bridgehead atoms. The van der Waals surface area contributed by atoms with Crippen molar-refractivity contribution in [1.82, 2.24) is 5.32 Å². The SMILES string of the molecule is C[C@@H](NC(=O)OCc1ccccc1)C(=O)Br. The third kappa shape index (κ3) is 4.44. The van der Waals surface area contributed by atoms with Gasteiger partial charge in [-0.1, -0.05) is 30.3 Å². The van der Waals surface area contributed by atoms with Crippen LogP contribution in [0.4, 0.5) is 4.79 Å². The van der Waals surface area contributed by atoms with Crippen LogP contribution in [-0.4, -0.2) is 16.8 Å². The van der Waals surface area contributed by atoms with Crippen molar-refractivity contribution in [1.29, 1.82) is 0 Å². The van der Waals surface area contributed by atoms with E-state index >= 15 is 0 Å². The number of amides is 1. The van der Waals surface area contributed by atoms with Crippen LogP contribution < -0.4 is 5.32 Å². The Balaban J connectivity index is 2.33. The largest absolute Gasteiger partial charge is 0.445 e. The summed E-state index contributed by atoms with van der Waals surface area (Å²) in [6, 6.07) is 8.72. The van der Waals surface area contributed by atoms with Crippen molar-refractivity contribution in [3.8, 4) is 0 Å². The van der Waals surface area contributed by atoms with Crippen molar-refractivity contribution in [3.05, 3.63) is 35.9 Å². The van der Waals surface area contributed by atoms with Crippen LogP contribution in [0.2, 0.25) is 0 Å². The van der Waals surface area contributed by atoms with E-state index in [1.165, 1.54) is 0 Å². The number of nitrogens with one attached hydrogen (secondary N) is 1. The van der Waals surface area contributed by atoms with Crippen LogP contribution in [0.5, 0.6) is 0 Å².